The molecule has 3 unspecified atom stereocenters. The predicted molar refractivity (Wildman–Crippen MR) is 83.8 cm³/mol. The molecule has 3 heteroatoms. The van der Waals surface area contributed by atoms with Crippen LogP contribution in [0.1, 0.15) is 39.2 Å². The maximum Gasteiger partial charge on any atom is 0.123 e. The maximum absolute atomic E-state index is 13.3. The molecule has 1 heterocycles. The van der Waals surface area contributed by atoms with E-state index in [4.69, 9.17) is 0 Å². The molecule has 0 aromatic heterocycles. The van der Waals surface area contributed by atoms with Crippen LogP contribution in [0.15, 0.2) is 18.2 Å². The Hall–Kier alpha value is -1.09. The highest BCUT2D eigenvalue weighted by Crippen LogP contribution is 2.31. The molecule has 0 bridgehead atoms. The molecule has 2 nitrogen and oxygen atoms in total. The zero-order valence-electron chi connectivity index (χ0n) is 13.1. The highest BCUT2D eigenvalue weighted by Gasteiger charge is 2.32. The summed E-state index contributed by atoms with van der Waals surface area (Å²) in [7, 11) is 0. The zero-order valence-corrected chi connectivity index (χ0v) is 13.1. The molecule has 1 aliphatic heterocycles. The number of aryl methyl sites for hydroxylation is 1. The van der Waals surface area contributed by atoms with Gasteiger partial charge in [-0.1, -0.05) is 13.8 Å². The summed E-state index contributed by atoms with van der Waals surface area (Å²) in [6.07, 6.45) is 2.33. The number of anilines is 1. The highest BCUT2D eigenvalue weighted by molar-refractivity contribution is 5.54. The van der Waals surface area contributed by atoms with E-state index >= 15 is 0 Å². The number of nitrogens with one attached hydrogen (secondary N) is 1. The molecule has 1 aromatic carbocycles. The summed E-state index contributed by atoms with van der Waals surface area (Å²) in [4.78, 5) is 2.43. The van der Waals surface area contributed by atoms with Gasteiger partial charge in [-0.05, 0) is 62.9 Å². The molecular weight excluding hydrogens is 251 g/mol. The Balaban J connectivity index is 2.11. The monoisotopic (exact) mass is 278 g/mol. The summed E-state index contributed by atoms with van der Waals surface area (Å²) in [5.41, 5.74) is 2.21. The van der Waals surface area contributed by atoms with Crippen LogP contribution >= 0.6 is 0 Å². The van der Waals surface area contributed by atoms with Gasteiger partial charge in [0.1, 0.15) is 5.82 Å². The van der Waals surface area contributed by atoms with Crippen LogP contribution in [0.2, 0.25) is 0 Å². The SMILES string of the molecule is CCCNC1CCN(c2ccc(F)cc2C)C(C)C1C. The van der Waals surface area contributed by atoms with Gasteiger partial charge >= 0.3 is 0 Å². The normalized spacial score (nSPS) is 26.9. The molecule has 1 aliphatic rings. The van der Waals surface area contributed by atoms with Crippen molar-refractivity contribution in [1.82, 2.24) is 5.32 Å². The van der Waals surface area contributed by atoms with Gasteiger partial charge in [-0.3, -0.25) is 0 Å². The van der Waals surface area contributed by atoms with Gasteiger partial charge in [-0.25, -0.2) is 4.39 Å². The molecule has 1 N–H and O–H groups in total. The number of rotatable bonds is 4. The minimum Gasteiger partial charge on any atom is -0.368 e. The predicted octanol–water partition coefficient (Wildman–Crippen LogP) is 3.74. The number of piperidine rings is 1. The van der Waals surface area contributed by atoms with E-state index < -0.39 is 0 Å². The Morgan fingerprint density at radius 3 is 2.75 bits per heavy atom. The molecule has 0 aliphatic carbocycles. The molecule has 1 saturated heterocycles. The van der Waals surface area contributed by atoms with Gasteiger partial charge in [0.15, 0.2) is 0 Å². The van der Waals surface area contributed by atoms with Gasteiger partial charge in [0.2, 0.25) is 0 Å². The third-order valence-electron chi connectivity index (χ3n) is 4.69. The van der Waals surface area contributed by atoms with Crippen LogP contribution in [-0.4, -0.2) is 25.2 Å². The first kappa shape index (κ1) is 15.3. The van der Waals surface area contributed by atoms with E-state index in [-0.39, 0.29) is 5.82 Å². The number of benzene rings is 1. The molecule has 0 amide bonds. The second kappa shape index (κ2) is 6.57. The molecule has 2 rings (SSSR count). The van der Waals surface area contributed by atoms with Crippen molar-refractivity contribution in [3.8, 4) is 0 Å². The van der Waals surface area contributed by atoms with Gasteiger partial charge in [0, 0.05) is 24.3 Å². The van der Waals surface area contributed by atoms with Crippen LogP contribution in [0, 0.1) is 18.7 Å². The van der Waals surface area contributed by atoms with Crippen LogP contribution in [0.5, 0.6) is 0 Å². The molecular formula is C17H27FN2. The molecule has 112 valence electrons. The third-order valence-corrected chi connectivity index (χ3v) is 4.69. The Labute approximate surface area is 122 Å². The quantitative estimate of drug-likeness (QED) is 0.902. The third kappa shape index (κ3) is 3.14. The van der Waals surface area contributed by atoms with Crippen LogP contribution in [0.3, 0.4) is 0 Å². The lowest BCUT2D eigenvalue weighted by atomic mass is 9.86. The van der Waals surface area contributed by atoms with Crippen molar-refractivity contribution < 1.29 is 4.39 Å². The van der Waals surface area contributed by atoms with Gasteiger partial charge in [-0.2, -0.15) is 0 Å². The number of hydrogen-bond donors (Lipinski definition) is 1. The lowest BCUT2D eigenvalue weighted by Gasteiger charge is -2.45. The lowest BCUT2D eigenvalue weighted by molar-refractivity contribution is 0.271. The standard InChI is InChI=1S/C17H27FN2/c1-5-9-19-16-8-10-20(14(4)13(16)3)17-7-6-15(18)11-12(17)2/h6-7,11,13-14,16,19H,5,8-10H2,1-4H3. The lowest BCUT2D eigenvalue weighted by Crippen LogP contribution is -2.53. The van der Waals surface area contributed by atoms with Gasteiger partial charge < -0.3 is 10.2 Å². The molecule has 0 spiro atoms. The topological polar surface area (TPSA) is 15.3 Å². The van der Waals surface area contributed by atoms with Crippen LogP contribution in [-0.2, 0) is 0 Å². The summed E-state index contributed by atoms with van der Waals surface area (Å²) >= 11 is 0. The Kier molecular flexibility index (Phi) is 5.03. The van der Waals surface area contributed by atoms with E-state index in [0.29, 0.717) is 18.0 Å². The minimum atomic E-state index is -0.147. The van der Waals surface area contributed by atoms with Gasteiger partial charge in [0.05, 0.1) is 0 Å². The second-order valence-corrected chi connectivity index (χ2v) is 6.07. The average molecular weight is 278 g/mol. The number of hydrogen-bond acceptors (Lipinski definition) is 2. The van der Waals surface area contributed by atoms with Crippen molar-refractivity contribution in [3.63, 3.8) is 0 Å². The maximum atomic E-state index is 13.3. The van der Waals surface area contributed by atoms with E-state index in [9.17, 15) is 4.39 Å². The Morgan fingerprint density at radius 1 is 1.35 bits per heavy atom. The molecule has 1 aromatic rings. The zero-order chi connectivity index (χ0) is 14.7. The van der Waals surface area contributed by atoms with Crippen LogP contribution in [0.4, 0.5) is 10.1 Å². The Morgan fingerprint density at radius 2 is 2.10 bits per heavy atom. The minimum absolute atomic E-state index is 0.147. The van der Waals surface area contributed by atoms with E-state index in [1.807, 2.05) is 13.0 Å². The van der Waals surface area contributed by atoms with E-state index in [2.05, 4.69) is 31.0 Å². The summed E-state index contributed by atoms with van der Waals surface area (Å²) in [6.45, 7) is 10.9. The second-order valence-electron chi connectivity index (χ2n) is 6.07. The fourth-order valence-electron chi connectivity index (χ4n) is 3.26. The molecule has 1 fully saturated rings. The van der Waals surface area contributed by atoms with Crippen LogP contribution < -0.4 is 10.2 Å². The fourth-order valence-corrected chi connectivity index (χ4v) is 3.26. The highest BCUT2D eigenvalue weighted by atomic mass is 19.1. The summed E-state index contributed by atoms with van der Waals surface area (Å²) in [5, 5.41) is 3.66. The van der Waals surface area contributed by atoms with Crippen LogP contribution in [0.25, 0.3) is 0 Å². The Bertz CT molecular complexity index is 447. The molecule has 0 saturated carbocycles. The first-order valence-corrected chi connectivity index (χ1v) is 7.80. The van der Waals surface area contributed by atoms with Crippen molar-refractivity contribution in [3.05, 3.63) is 29.6 Å². The van der Waals surface area contributed by atoms with E-state index in [1.165, 1.54) is 12.1 Å². The van der Waals surface area contributed by atoms with E-state index in [1.54, 1.807) is 12.1 Å². The summed E-state index contributed by atoms with van der Waals surface area (Å²) in [5.74, 6) is 0.450. The summed E-state index contributed by atoms with van der Waals surface area (Å²) < 4.78 is 13.3. The first-order chi connectivity index (χ1) is 9.54. The smallest absolute Gasteiger partial charge is 0.123 e. The molecule has 20 heavy (non-hydrogen) atoms. The van der Waals surface area contributed by atoms with Crippen molar-refractivity contribution >= 4 is 5.69 Å². The summed E-state index contributed by atoms with van der Waals surface area (Å²) in [6, 6.07) is 6.20. The van der Waals surface area contributed by atoms with Gasteiger partial charge in [0.25, 0.3) is 0 Å². The van der Waals surface area contributed by atoms with Crippen molar-refractivity contribution in [2.75, 3.05) is 18.0 Å². The van der Waals surface area contributed by atoms with Crippen molar-refractivity contribution in [2.24, 2.45) is 5.92 Å². The molecule has 0 radical (unpaired) electrons. The van der Waals surface area contributed by atoms with Gasteiger partial charge in [-0.15, -0.1) is 0 Å². The number of nitrogens with zero attached hydrogens (tertiary/aromatic N) is 1. The largest absolute Gasteiger partial charge is 0.368 e. The van der Waals surface area contributed by atoms with Crippen molar-refractivity contribution in [1.29, 1.82) is 0 Å². The number of halogens is 1. The molecule has 3 atom stereocenters. The fraction of sp³-hybridized carbons (Fsp3) is 0.647. The van der Waals surface area contributed by atoms with Crippen molar-refractivity contribution in [2.45, 2.75) is 52.6 Å². The van der Waals surface area contributed by atoms with E-state index in [0.717, 1.165) is 25.1 Å². The average Bonchev–Trinajstić information content (AvgIpc) is 2.41. The first-order valence-electron chi connectivity index (χ1n) is 7.80.